The fraction of sp³-hybridized carbons (Fsp3) is 0.929. The maximum Gasteiger partial charge on any atom is 0.237 e. The zero-order valence-electron chi connectivity index (χ0n) is 11.9. The molecular formula is C14H29ClN2O. The van der Waals surface area contributed by atoms with Crippen molar-refractivity contribution in [2.45, 2.75) is 58.9 Å². The second kappa shape index (κ2) is 8.76. The molecule has 0 aliphatic heterocycles. The Balaban J connectivity index is 0.00000289. The van der Waals surface area contributed by atoms with Crippen molar-refractivity contribution < 1.29 is 4.79 Å². The SMILES string of the molecule is CC1CCCCC1CCNC(=O)[C@@H](N)C(C)C.Cl. The van der Waals surface area contributed by atoms with E-state index in [0.29, 0.717) is 0 Å². The van der Waals surface area contributed by atoms with Crippen molar-refractivity contribution in [2.24, 2.45) is 23.5 Å². The van der Waals surface area contributed by atoms with Gasteiger partial charge >= 0.3 is 0 Å². The van der Waals surface area contributed by atoms with Crippen LogP contribution in [0.5, 0.6) is 0 Å². The molecule has 2 unspecified atom stereocenters. The highest BCUT2D eigenvalue weighted by atomic mass is 35.5. The molecule has 3 atom stereocenters. The van der Waals surface area contributed by atoms with Gasteiger partial charge in [0, 0.05) is 6.54 Å². The van der Waals surface area contributed by atoms with Crippen molar-refractivity contribution in [3.63, 3.8) is 0 Å². The van der Waals surface area contributed by atoms with E-state index >= 15 is 0 Å². The number of halogens is 1. The molecule has 0 aromatic heterocycles. The molecule has 0 spiro atoms. The monoisotopic (exact) mass is 276 g/mol. The number of nitrogens with one attached hydrogen (secondary N) is 1. The Morgan fingerprint density at radius 3 is 2.50 bits per heavy atom. The van der Waals surface area contributed by atoms with Crippen molar-refractivity contribution in [1.29, 1.82) is 0 Å². The first-order chi connectivity index (χ1) is 8.02. The second-order valence-electron chi connectivity index (χ2n) is 5.87. The molecule has 1 aliphatic carbocycles. The molecule has 1 amide bonds. The smallest absolute Gasteiger partial charge is 0.237 e. The second-order valence-corrected chi connectivity index (χ2v) is 5.87. The molecule has 0 heterocycles. The maximum atomic E-state index is 11.7. The van der Waals surface area contributed by atoms with Crippen LogP contribution in [0.25, 0.3) is 0 Å². The van der Waals surface area contributed by atoms with Gasteiger partial charge in [-0.1, -0.05) is 46.5 Å². The molecule has 4 heteroatoms. The van der Waals surface area contributed by atoms with Crippen LogP contribution < -0.4 is 11.1 Å². The van der Waals surface area contributed by atoms with E-state index in [1.54, 1.807) is 0 Å². The summed E-state index contributed by atoms with van der Waals surface area (Å²) >= 11 is 0. The first kappa shape index (κ1) is 17.7. The molecule has 0 radical (unpaired) electrons. The average molecular weight is 277 g/mol. The van der Waals surface area contributed by atoms with Crippen LogP contribution in [0.15, 0.2) is 0 Å². The van der Waals surface area contributed by atoms with E-state index in [9.17, 15) is 4.79 Å². The lowest BCUT2D eigenvalue weighted by atomic mass is 9.79. The summed E-state index contributed by atoms with van der Waals surface area (Å²) in [7, 11) is 0. The summed E-state index contributed by atoms with van der Waals surface area (Å²) in [5, 5.41) is 2.97. The van der Waals surface area contributed by atoms with E-state index in [2.05, 4.69) is 12.2 Å². The lowest BCUT2D eigenvalue weighted by Gasteiger charge is -2.29. The summed E-state index contributed by atoms with van der Waals surface area (Å²) in [5.41, 5.74) is 5.79. The van der Waals surface area contributed by atoms with Crippen LogP contribution >= 0.6 is 12.4 Å². The number of rotatable bonds is 5. The quantitative estimate of drug-likeness (QED) is 0.811. The predicted octanol–water partition coefficient (Wildman–Crippen LogP) is 2.72. The fourth-order valence-corrected chi connectivity index (χ4v) is 2.62. The van der Waals surface area contributed by atoms with Gasteiger partial charge in [-0.15, -0.1) is 12.4 Å². The largest absolute Gasteiger partial charge is 0.355 e. The zero-order valence-corrected chi connectivity index (χ0v) is 12.8. The van der Waals surface area contributed by atoms with Gasteiger partial charge in [-0.2, -0.15) is 0 Å². The Bertz CT molecular complexity index is 246. The molecule has 3 N–H and O–H groups in total. The summed E-state index contributed by atoms with van der Waals surface area (Å²) < 4.78 is 0. The van der Waals surface area contributed by atoms with E-state index in [1.807, 2.05) is 13.8 Å². The molecule has 1 rings (SSSR count). The third-order valence-corrected chi connectivity index (χ3v) is 4.12. The lowest BCUT2D eigenvalue weighted by molar-refractivity contribution is -0.123. The molecule has 0 aromatic rings. The standard InChI is InChI=1S/C14H28N2O.ClH/c1-10(2)13(15)14(17)16-9-8-12-7-5-4-6-11(12)3;/h10-13H,4-9,15H2,1-3H3,(H,16,17);1H/t11?,12?,13-;/m0./s1. The molecule has 1 aliphatic rings. The Morgan fingerprint density at radius 2 is 1.94 bits per heavy atom. The zero-order chi connectivity index (χ0) is 12.8. The highest BCUT2D eigenvalue weighted by Gasteiger charge is 2.22. The number of hydrogen-bond acceptors (Lipinski definition) is 2. The highest BCUT2D eigenvalue weighted by molar-refractivity contribution is 5.85. The molecule has 0 saturated heterocycles. The number of carbonyl (C=O) groups is 1. The van der Waals surface area contributed by atoms with Gasteiger partial charge in [-0.05, 0) is 24.2 Å². The number of nitrogens with two attached hydrogens (primary N) is 1. The summed E-state index contributed by atoms with van der Waals surface area (Å²) in [6.07, 6.45) is 6.52. The molecule has 0 bridgehead atoms. The first-order valence-corrected chi connectivity index (χ1v) is 7.05. The van der Waals surface area contributed by atoms with Gasteiger partial charge in [0.15, 0.2) is 0 Å². The molecule has 3 nitrogen and oxygen atoms in total. The number of carbonyl (C=O) groups excluding carboxylic acids is 1. The molecular weight excluding hydrogens is 248 g/mol. The van der Waals surface area contributed by atoms with Crippen LogP contribution in [0.1, 0.15) is 52.9 Å². The lowest BCUT2D eigenvalue weighted by Crippen LogP contribution is -2.44. The topological polar surface area (TPSA) is 55.1 Å². The van der Waals surface area contributed by atoms with Gasteiger partial charge in [0.05, 0.1) is 6.04 Å². The Hall–Kier alpha value is -0.280. The van der Waals surface area contributed by atoms with Crippen LogP contribution in [0.3, 0.4) is 0 Å². The predicted molar refractivity (Wildman–Crippen MR) is 78.8 cm³/mol. The van der Waals surface area contributed by atoms with Gasteiger partial charge in [0.25, 0.3) is 0 Å². The van der Waals surface area contributed by atoms with Crippen LogP contribution in [0.2, 0.25) is 0 Å². The molecule has 1 fully saturated rings. The molecule has 0 aromatic carbocycles. The summed E-state index contributed by atoms with van der Waals surface area (Å²) in [6, 6.07) is -0.362. The minimum absolute atomic E-state index is 0. The van der Waals surface area contributed by atoms with Crippen LogP contribution in [0, 0.1) is 17.8 Å². The van der Waals surface area contributed by atoms with Gasteiger partial charge in [0.2, 0.25) is 5.91 Å². The van der Waals surface area contributed by atoms with Crippen LogP contribution in [0.4, 0.5) is 0 Å². The summed E-state index contributed by atoms with van der Waals surface area (Å²) in [4.78, 5) is 11.7. The van der Waals surface area contributed by atoms with Crippen molar-refractivity contribution in [3.8, 4) is 0 Å². The van der Waals surface area contributed by atoms with Crippen LogP contribution in [-0.4, -0.2) is 18.5 Å². The number of amides is 1. The highest BCUT2D eigenvalue weighted by Crippen LogP contribution is 2.31. The van der Waals surface area contributed by atoms with Crippen LogP contribution in [-0.2, 0) is 4.79 Å². The van der Waals surface area contributed by atoms with E-state index in [1.165, 1.54) is 25.7 Å². The third kappa shape index (κ3) is 5.57. The summed E-state index contributed by atoms with van der Waals surface area (Å²) in [6.45, 7) is 7.08. The average Bonchev–Trinajstić information content (AvgIpc) is 2.30. The van der Waals surface area contributed by atoms with Crippen molar-refractivity contribution in [3.05, 3.63) is 0 Å². The van der Waals surface area contributed by atoms with Gasteiger partial charge in [-0.25, -0.2) is 0 Å². The maximum absolute atomic E-state index is 11.7. The normalized spacial score (nSPS) is 25.4. The van der Waals surface area contributed by atoms with Crippen molar-refractivity contribution in [2.75, 3.05) is 6.54 Å². The third-order valence-electron chi connectivity index (χ3n) is 4.12. The minimum atomic E-state index is -0.362. The van der Waals surface area contributed by atoms with Crippen molar-refractivity contribution in [1.82, 2.24) is 5.32 Å². The fourth-order valence-electron chi connectivity index (χ4n) is 2.62. The molecule has 1 saturated carbocycles. The molecule has 18 heavy (non-hydrogen) atoms. The number of hydrogen-bond donors (Lipinski definition) is 2. The van der Waals surface area contributed by atoms with Gasteiger partial charge < -0.3 is 11.1 Å². The van der Waals surface area contributed by atoms with E-state index in [-0.39, 0.29) is 30.3 Å². The van der Waals surface area contributed by atoms with E-state index < -0.39 is 0 Å². The Labute approximate surface area is 118 Å². The summed E-state index contributed by atoms with van der Waals surface area (Å²) in [5.74, 6) is 1.82. The van der Waals surface area contributed by atoms with Gasteiger partial charge in [-0.3, -0.25) is 4.79 Å². The first-order valence-electron chi connectivity index (χ1n) is 7.05. The van der Waals surface area contributed by atoms with E-state index in [4.69, 9.17) is 5.73 Å². The Kier molecular flexibility index (Phi) is 8.62. The minimum Gasteiger partial charge on any atom is -0.355 e. The van der Waals surface area contributed by atoms with Crippen molar-refractivity contribution >= 4 is 18.3 Å². The van der Waals surface area contributed by atoms with E-state index in [0.717, 1.165) is 24.8 Å². The molecule has 108 valence electrons. The Morgan fingerprint density at radius 1 is 1.33 bits per heavy atom. The van der Waals surface area contributed by atoms with Gasteiger partial charge in [0.1, 0.15) is 0 Å².